The fourth-order valence-corrected chi connectivity index (χ4v) is 7.43. The monoisotopic (exact) mass is 448 g/mol. The van der Waals surface area contributed by atoms with Crippen LogP contribution >= 0.6 is 0 Å². The summed E-state index contributed by atoms with van der Waals surface area (Å²) in [7, 11) is 0. The summed E-state index contributed by atoms with van der Waals surface area (Å²) in [6.45, 7) is 0. The molecule has 0 aromatic carbocycles. The van der Waals surface area contributed by atoms with Gasteiger partial charge in [0.15, 0.2) is 0 Å². The minimum absolute atomic E-state index is 0. The number of allylic oxidation sites excluding steroid dienone is 8. The van der Waals surface area contributed by atoms with Crippen molar-refractivity contribution in [2.24, 2.45) is 0 Å². The molecule has 0 nitrogen and oxygen atoms in total. The number of hydrogen-bond acceptors (Lipinski definition) is 0. The maximum absolute atomic E-state index is 12.7. The van der Waals surface area contributed by atoms with Crippen molar-refractivity contribution in [3.8, 4) is 0 Å². The van der Waals surface area contributed by atoms with Gasteiger partial charge < -0.3 is 2.85 Å². The second-order valence-electron chi connectivity index (χ2n) is 4.12. The van der Waals surface area contributed by atoms with E-state index in [0.717, 1.165) is 12.2 Å². The molecule has 0 saturated carbocycles. The van der Waals surface area contributed by atoms with Crippen molar-refractivity contribution in [3.63, 3.8) is 0 Å². The summed E-state index contributed by atoms with van der Waals surface area (Å²) >= 11 is -2.26. The third-order valence-electron chi connectivity index (χ3n) is 2.78. The van der Waals surface area contributed by atoms with Gasteiger partial charge in [-0.1, -0.05) is 0 Å². The molecule has 19 heavy (non-hydrogen) atoms. The van der Waals surface area contributed by atoms with Crippen LogP contribution < -0.4 is 0 Å². The van der Waals surface area contributed by atoms with Crippen LogP contribution in [0.3, 0.4) is 0 Å². The Bertz CT molecular complexity index is 465. The van der Waals surface area contributed by atoms with Crippen LogP contribution in [0.1, 0.15) is 15.7 Å². The Labute approximate surface area is 119 Å². The van der Waals surface area contributed by atoms with Gasteiger partial charge in [-0.2, -0.15) is 0 Å². The zero-order valence-corrected chi connectivity index (χ0v) is 13.1. The molecule has 104 valence electrons. The molecule has 0 radical (unpaired) electrons. The van der Waals surface area contributed by atoms with E-state index in [-0.39, 0.29) is 22.4 Å². The Kier molecular flexibility index (Phi) is 3.95. The standard InChI is InChI=1S/2C6H4F3.Hf.2H/c2*7-6(8,9)5-3-1-2-4-5;;;/h2*1,3H,2H2;;;/q;;+2;2*-1. The Morgan fingerprint density at radius 3 is 1.47 bits per heavy atom. The average molecular weight is 447 g/mol. The molecule has 0 saturated heterocycles. The molecule has 2 rings (SSSR count). The normalized spacial score (nSPS) is 19.7. The zero-order chi connectivity index (χ0) is 14.3. The van der Waals surface area contributed by atoms with E-state index in [1.165, 1.54) is 12.2 Å². The molecule has 0 fully saturated rings. The summed E-state index contributed by atoms with van der Waals surface area (Å²) in [6, 6.07) is 0. The van der Waals surface area contributed by atoms with E-state index in [1.807, 2.05) is 0 Å². The van der Waals surface area contributed by atoms with Crippen molar-refractivity contribution in [1.29, 1.82) is 0 Å². The van der Waals surface area contributed by atoms with Gasteiger partial charge in [0.05, 0.1) is 0 Å². The molecule has 0 aromatic rings. The first-order valence-corrected chi connectivity index (χ1v) is 8.99. The second-order valence-corrected chi connectivity index (χ2v) is 9.35. The first kappa shape index (κ1) is 14.8. The van der Waals surface area contributed by atoms with Crippen LogP contribution in [0.15, 0.2) is 42.1 Å². The minimum Gasteiger partial charge on any atom is -1.00 e. The van der Waals surface area contributed by atoms with E-state index in [9.17, 15) is 26.3 Å². The topological polar surface area (TPSA) is 0 Å². The van der Waals surface area contributed by atoms with E-state index in [4.69, 9.17) is 0 Å². The molecule has 0 atom stereocenters. The van der Waals surface area contributed by atoms with Crippen molar-refractivity contribution >= 4 is 0 Å². The molecule has 0 spiro atoms. The second kappa shape index (κ2) is 5.07. The number of halogens is 6. The molecular weight excluding hydrogens is 437 g/mol. The molecule has 7 heteroatoms. The van der Waals surface area contributed by atoms with Gasteiger partial charge >= 0.3 is 117 Å². The Hall–Kier alpha value is -0.590. The van der Waals surface area contributed by atoms with Crippen LogP contribution in [0.2, 0.25) is 0 Å². The fourth-order valence-electron chi connectivity index (χ4n) is 1.96. The molecular formula is C12H10F6Hf. The molecule has 2 aliphatic rings. The summed E-state index contributed by atoms with van der Waals surface area (Å²) in [5.74, 6) is 0. The van der Waals surface area contributed by atoms with Gasteiger partial charge in [0.1, 0.15) is 0 Å². The van der Waals surface area contributed by atoms with Crippen molar-refractivity contribution in [3.05, 3.63) is 42.1 Å². The molecule has 0 amide bonds. The predicted molar refractivity (Wildman–Crippen MR) is 55.9 cm³/mol. The van der Waals surface area contributed by atoms with Gasteiger partial charge in [-0.15, -0.1) is 0 Å². The summed E-state index contributed by atoms with van der Waals surface area (Å²) in [6.07, 6.45) is -3.90. The molecule has 0 bridgehead atoms. The Balaban J connectivity index is 0.00000200. The smallest absolute Gasteiger partial charge is 1.00 e. The van der Waals surface area contributed by atoms with Crippen LogP contribution in [0.4, 0.5) is 26.3 Å². The number of hydrogen-bond donors (Lipinski definition) is 0. The van der Waals surface area contributed by atoms with Crippen molar-refractivity contribution in [1.82, 2.24) is 0 Å². The molecule has 0 heterocycles. The Morgan fingerprint density at radius 2 is 1.16 bits per heavy atom. The van der Waals surface area contributed by atoms with Crippen LogP contribution in [0, 0.1) is 0 Å². The van der Waals surface area contributed by atoms with Gasteiger partial charge in [0.25, 0.3) is 0 Å². The van der Waals surface area contributed by atoms with Crippen LogP contribution in [0.5, 0.6) is 0 Å². The summed E-state index contributed by atoms with van der Waals surface area (Å²) in [4.78, 5) is 0. The third kappa shape index (κ3) is 3.30. The van der Waals surface area contributed by atoms with Gasteiger partial charge in [-0.3, -0.25) is 0 Å². The van der Waals surface area contributed by atoms with Gasteiger partial charge in [0, 0.05) is 0 Å². The van der Waals surface area contributed by atoms with E-state index >= 15 is 0 Å². The fraction of sp³-hybridized carbons (Fsp3) is 0.333. The average Bonchev–Trinajstić information content (AvgIpc) is 2.83. The van der Waals surface area contributed by atoms with Crippen molar-refractivity contribution < 1.29 is 52.1 Å². The maximum atomic E-state index is 12.7. The maximum Gasteiger partial charge on any atom is -1.00 e. The zero-order valence-electron chi connectivity index (χ0n) is 11.5. The number of rotatable bonds is 2. The molecule has 0 aliphatic heterocycles. The van der Waals surface area contributed by atoms with Gasteiger partial charge in [0.2, 0.25) is 0 Å². The first-order valence-electron chi connectivity index (χ1n) is 5.40. The van der Waals surface area contributed by atoms with Gasteiger partial charge in [-0.25, -0.2) is 0 Å². The van der Waals surface area contributed by atoms with E-state index in [1.54, 1.807) is 0 Å². The number of alkyl halides is 6. The van der Waals surface area contributed by atoms with E-state index in [2.05, 4.69) is 0 Å². The molecule has 0 unspecified atom stereocenters. The molecule has 2 aliphatic carbocycles. The van der Waals surface area contributed by atoms with E-state index < -0.39 is 46.4 Å². The Morgan fingerprint density at radius 1 is 0.789 bits per heavy atom. The van der Waals surface area contributed by atoms with Crippen LogP contribution in [-0.4, -0.2) is 12.4 Å². The largest absolute Gasteiger partial charge is 1.00 e. The van der Waals surface area contributed by atoms with Crippen molar-refractivity contribution in [2.75, 3.05) is 0 Å². The summed E-state index contributed by atoms with van der Waals surface area (Å²) < 4.78 is 76.5. The predicted octanol–water partition coefficient (Wildman–Crippen LogP) is 4.85. The minimum atomic E-state index is -4.46. The van der Waals surface area contributed by atoms with Crippen LogP contribution in [0.25, 0.3) is 0 Å². The summed E-state index contributed by atoms with van der Waals surface area (Å²) in [5, 5.41) is 0. The van der Waals surface area contributed by atoms with Crippen LogP contribution in [-0.2, 0) is 22.9 Å². The molecule has 0 N–H and O–H groups in total. The third-order valence-corrected chi connectivity index (χ3v) is 8.35. The first-order chi connectivity index (χ1) is 8.69. The van der Waals surface area contributed by atoms with E-state index in [0.29, 0.717) is 0 Å². The SMILES string of the molecule is FC(F)(F)C1=[C]([Hf+2][C]2=C(C(F)(F)F)C=CC2)CC=C1.[H-].[H-]. The summed E-state index contributed by atoms with van der Waals surface area (Å²) in [5.41, 5.74) is -1.45. The van der Waals surface area contributed by atoms with Crippen molar-refractivity contribution in [2.45, 2.75) is 25.2 Å². The quantitative estimate of drug-likeness (QED) is 0.420. The van der Waals surface area contributed by atoms with Gasteiger partial charge in [-0.05, 0) is 0 Å². The molecule has 0 aromatic heterocycles.